The maximum atomic E-state index is 11.1. The Bertz CT molecular complexity index is 1180. The van der Waals surface area contributed by atoms with E-state index >= 15 is 0 Å². The first-order valence-electron chi connectivity index (χ1n) is 8.31. The maximum absolute atomic E-state index is 11.1. The Morgan fingerprint density at radius 2 is 1.96 bits per heavy atom. The summed E-state index contributed by atoms with van der Waals surface area (Å²) in [6, 6.07) is 9.78. The van der Waals surface area contributed by atoms with E-state index in [-0.39, 0.29) is 12.2 Å². The molecule has 0 aliphatic rings. The molecule has 27 heavy (non-hydrogen) atoms. The van der Waals surface area contributed by atoms with Crippen molar-refractivity contribution < 1.29 is 9.34 Å². The zero-order valence-electron chi connectivity index (χ0n) is 15.0. The number of benzene rings is 1. The molecule has 0 aliphatic carbocycles. The fourth-order valence-corrected chi connectivity index (χ4v) is 3.02. The average Bonchev–Trinajstić information content (AvgIpc) is 3.19. The van der Waals surface area contributed by atoms with Gasteiger partial charge in [0.1, 0.15) is 23.6 Å². The fraction of sp³-hybridized carbons (Fsp3) is 0.222. The molecule has 0 fully saturated rings. The van der Waals surface area contributed by atoms with Crippen LogP contribution in [0.4, 0.5) is 5.69 Å². The highest BCUT2D eigenvalue weighted by molar-refractivity contribution is 5.81. The van der Waals surface area contributed by atoms with Crippen LogP contribution in [0.2, 0.25) is 0 Å². The molecule has 4 aromatic rings. The second-order valence-electron chi connectivity index (χ2n) is 6.33. The SMILES string of the molecule is Cc1ccc2nc(-c3nnc(Cn4nc(C)c([N+](=O)[O-])c4C)o3)ccc2c1. The summed E-state index contributed by atoms with van der Waals surface area (Å²) >= 11 is 0. The summed E-state index contributed by atoms with van der Waals surface area (Å²) in [4.78, 5) is 15.2. The van der Waals surface area contributed by atoms with Gasteiger partial charge in [-0.25, -0.2) is 4.98 Å². The van der Waals surface area contributed by atoms with Crippen molar-refractivity contribution in [2.45, 2.75) is 27.3 Å². The lowest BCUT2D eigenvalue weighted by molar-refractivity contribution is -0.386. The van der Waals surface area contributed by atoms with E-state index in [1.807, 2.05) is 31.2 Å². The van der Waals surface area contributed by atoms with E-state index < -0.39 is 4.92 Å². The molecule has 0 spiro atoms. The number of pyridine rings is 1. The average molecular weight is 364 g/mol. The van der Waals surface area contributed by atoms with Crippen molar-refractivity contribution in [1.29, 1.82) is 0 Å². The van der Waals surface area contributed by atoms with Gasteiger partial charge in [0, 0.05) is 5.39 Å². The van der Waals surface area contributed by atoms with Crippen LogP contribution in [0, 0.1) is 30.9 Å². The topological polar surface area (TPSA) is 113 Å². The molecule has 3 aromatic heterocycles. The largest absolute Gasteiger partial charge is 0.417 e. The van der Waals surface area contributed by atoms with Crippen LogP contribution in [0.1, 0.15) is 22.8 Å². The van der Waals surface area contributed by atoms with Crippen molar-refractivity contribution in [3.05, 3.63) is 63.3 Å². The smallest absolute Gasteiger partial charge is 0.312 e. The third kappa shape index (κ3) is 3.03. The molecule has 4 rings (SSSR count). The van der Waals surface area contributed by atoms with Crippen LogP contribution < -0.4 is 0 Å². The van der Waals surface area contributed by atoms with Crippen LogP contribution in [-0.2, 0) is 6.54 Å². The highest BCUT2D eigenvalue weighted by atomic mass is 16.6. The normalized spacial score (nSPS) is 11.2. The number of nitrogens with zero attached hydrogens (tertiary/aromatic N) is 6. The van der Waals surface area contributed by atoms with Gasteiger partial charge in [0.25, 0.3) is 5.89 Å². The predicted octanol–water partition coefficient (Wildman–Crippen LogP) is 3.36. The highest BCUT2D eigenvalue weighted by Gasteiger charge is 2.23. The Morgan fingerprint density at radius 1 is 1.15 bits per heavy atom. The van der Waals surface area contributed by atoms with Gasteiger partial charge in [0.15, 0.2) is 0 Å². The quantitative estimate of drug-likeness (QED) is 0.403. The van der Waals surface area contributed by atoms with Gasteiger partial charge in [-0.15, -0.1) is 10.2 Å². The van der Waals surface area contributed by atoms with Gasteiger partial charge in [0.2, 0.25) is 5.89 Å². The summed E-state index contributed by atoms with van der Waals surface area (Å²) in [5, 5.41) is 24.4. The lowest BCUT2D eigenvalue weighted by Crippen LogP contribution is -2.04. The molecule has 3 heterocycles. The zero-order valence-corrected chi connectivity index (χ0v) is 15.0. The second kappa shape index (κ2) is 6.27. The molecule has 1 aromatic carbocycles. The van der Waals surface area contributed by atoms with Crippen molar-refractivity contribution >= 4 is 16.6 Å². The molecule has 0 bridgehead atoms. The van der Waals surface area contributed by atoms with Crippen molar-refractivity contribution in [3.63, 3.8) is 0 Å². The lowest BCUT2D eigenvalue weighted by atomic mass is 10.1. The van der Waals surface area contributed by atoms with E-state index in [1.54, 1.807) is 13.8 Å². The van der Waals surface area contributed by atoms with E-state index in [0.29, 0.717) is 28.9 Å². The van der Waals surface area contributed by atoms with Crippen LogP contribution >= 0.6 is 0 Å². The Kier molecular flexibility index (Phi) is 3.91. The number of hydrogen-bond donors (Lipinski definition) is 0. The summed E-state index contributed by atoms with van der Waals surface area (Å²) in [5.74, 6) is 0.597. The number of aromatic nitrogens is 5. The van der Waals surface area contributed by atoms with Crippen LogP contribution in [-0.4, -0.2) is 29.9 Å². The Balaban J connectivity index is 1.63. The summed E-state index contributed by atoms with van der Waals surface area (Å²) in [7, 11) is 0. The van der Waals surface area contributed by atoms with Gasteiger partial charge in [-0.05, 0) is 39.0 Å². The number of nitro groups is 1. The number of rotatable bonds is 4. The van der Waals surface area contributed by atoms with Gasteiger partial charge in [-0.2, -0.15) is 5.10 Å². The molecular weight excluding hydrogens is 348 g/mol. The minimum absolute atomic E-state index is 0.00114. The molecule has 0 N–H and O–H groups in total. The first kappa shape index (κ1) is 16.8. The van der Waals surface area contributed by atoms with Crippen LogP contribution in [0.25, 0.3) is 22.5 Å². The number of aryl methyl sites for hydroxylation is 2. The van der Waals surface area contributed by atoms with Gasteiger partial charge < -0.3 is 4.42 Å². The van der Waals surface area contributed by atoms with E-state index in [1.165, 1.54) is 4.68 Å². The molecule has 0 radical (unpaired) electrons. The molecule has 0 atom stereocenters. The summed E-state index contributed by atoms with van der Waals surface area (Å²) in [6.45, 7) is 5.42. The first-order valence-corrected chi connectivity index (χ1v) is 8.31. The highest BCUT2D eigenvalue weighted by Crippen LogP contribution is 2.24. The van der Waals surface area contributed by atoms with Crippen LogP contribution in [0.5, 0.6) is 0 Å². The van der Waals surface area contributed by atoms with Gasteiger partial charge in [-0.1, -0.05) is 17.7 Å². The van der Waals surface area contributed by atoms with Crippen molar-refractivity contribution in [2.24, 2.45) is 0 Å². The number of hydrogen-bond acceptors (Lipinski definition) is 7. The van der Waals surface area contributed by atoms with Gasteiger partial charge in [0.05, 0.1) is 10.4 Å². The van der Waals surface area contributed by atoms with E-state index in [4.69, 9.17) is 4.42 Å². The molecule has 9 heteroatoms. The third-order valence-corrected chi connectivity index (χ3v) is 4.34. The first-order chi connectivity index (χ1) is 12.9. The van der Waals surface area contributed by atoms with Crippen molar-refractivity contribution in [2.75, 3.05) is 0 Å². The molecule has 0 aliphatic heterocycles. The third-order valence-electron chi connectivity index (χ3n) is 4.34. The minimum Gasteiger partial charge on any atom is -0.417 e. The number of fused-ring (bicyclic) bond motifs is 1. The predicted molar refractivity (Wildman–Crippen MR) is 97.2 cm³/mol. The zero-order chi connectivity index (χ0) is 19.1. The van der Waals surface area contributed by atoms with E-state index in [9.17, 15) is 10.1 Å². The maximum Gasteiger partial charge on any atom is 0.312 e. The monoisotopic (exact) mass is 364 g/mol. The molecule has 9 nitrogen and oxygen atoms in total. The van der Waals surface area contributed by atoms with Crippen LogP contribution in [0.15, 0.2) is 34.7 Å². The molecular formula is C18H16N6O3. The Hall–Kier alpha value is -3.62. The van der Waals surface area contributed by atoms with Crippen molar-refractivity contribution in [3.8, 4) is 11.6 Å². The van der Waals surface area contributed by atoms with E-state index in [0.717, 1.165) is 16.5 Å². The summed E-state index contributed by atoms with van der Waals surface area (Å²) in [6.07, 6.45) is 0. The standard InChI is InChI=1S/C18H16N6O3/c1-10-4-6-14-13(8-10)5-7-15(19-14)18-21-20-16(27-18)9-23-12(3)17(24(25)26)11(2)22-23/h4-8H,9H2,1-3H3. The summed E-state index contributed by atoms with van der Waals surface area (Å²) < 4.78 is 7.18. The molecule has 0 saturated carbocycles. The molecule has 0 amide bonds. The van der Waals surface area contributed by atoms with E-state index in [2.05, 4.69) is 26.3 Å². The molecule has 0 saturated heterocycles. The molecule has 136 valence electrons. The van der Waals surface area contributed by atoms with Crippen molar-refractivity contribution in [1.82, 2.24) is 25.0 Å². The lowest BCUT2D eigenvalue weighted by Gasteiger charge is -2.01. The van der Waals surface area contributed by atoms with Crippen LogP contribution in [0.3, 0.4) is 0 Å². The summed E-state index contributed by atoms with van der Waals surface area (Å²) in [5.41, 5.74) is 3.37. The fourth-order valence-electron chi connectivity index (χ4n) is 3.02. The minimum atomic E-state index is -0.436. The second-order valence-corrected chi connectivity index (χ2v) is 6.33. The van der Waals surface area contributed by atoms with Gasteiger partial charge in [-0.3, -0.25) is 14.8 Å². The van der Waals surface area contributed by atoms with Gasteiger partial charge >= 0.3 is 5.69 Å². The Morgan fingerprint density at radius 3 is 2.70 bits per heavy atom. The molecule has 0 unspecified atom stereocenters. The Labute approximate surface area is 153 Å².